The minimum Gasteiger partial charge on any atom is -0.493 e. The van der Waals surface area contributed by atoms with E-state index in [-0.39, 0.29) is 5.69 Å². The first-order valence-corrected chi connectivity index (χ1v) is 8.54. The summed E-state index contributed by atoms with van der Waals surface area (Å²) >= 11 is 0. The van der Waals surface area contributed by atoms with Crippen LogP contribution in [0.1, 0.15) is 11.1 Å². The number of benzene rings is 3. The van der Waals surface area contributed by atoms with Crippen LogP contribution in [0.4, 0.5) is 11.4 Å². The number of hydrogen-bond acceptors (Lipinski definition) is 6. The standard InChI is InChI=1S/C21H19N3O4/c1-27-20-12-7-17(13-21(20)28-15-16-5-3-2-4-6-16)14-22-23-18-8-10-19(11-9-18)24(25)26/h2-14,23H,15H2,1H3. The fourth-order valence-corrected chi connectivity index (χ4v) is 2.46. The van der Waals surface area contributed by atoms with Gasteiger partial charge in [-0.1, -0.05) is 30.3 Å². The molecule has 0 atom stereocenters. The van der Waals surface area contributed by atoms with Crippen LogP contribution in [0.3, 0.4) is 0 Å². The van der Waals surface area contributed by atoms with Gasteiger partial charge >= 0.3 is 0 Å². The molecule has 1 N–H and O–H groups in total. The molecule has 0 unspecified atom stereocenters. The average molecular weight is 377 g/mol. The Balaban J connectivity index is 1.66. The second kappa shape index (κ2) is 9.18. The van der Waals surface area contributed by atoms with Crippen LogP contribution >= 0.6 is 0 Å². The van der Waals surface area contributed by atoms with Crippen molar-refractivity contribution >= 4 is 17.6 Å². The monoisotopic (exact) mass is 377 g/mol. The van der Waals surface area contributed by atoms with E-state index in [4.69, 9.17) is 9.47 Å². The maximum atomic E-state index is 10.7. The molecule has 0 fully saturated rings. The van der Waals surface area contributed by atoms with E-state index < -0.39 is 4.92 Å². The summed E-state index contributed by atoms with van der Waals surface area (Å²) in [5, 5.41) is 14.8. The zero-order chi connectivity index (χ0) is 19.8. The second-order valence-corrected chi connectivity index (χ2v) is 5.86. The number of nitrogens with zero attached hydrogens (tertiary/aromatic N) is 2. The van der Waals surface area contributed by atoms with Crippen LogP contribution in [0.5, 0.6) is 11.5 Å². The molecule has 0 heterocycles. The summed E-state index contributed by atoms with van der Waals surface area (Å²) in [7, 11) is 1.59. The van der Waals surface area contributed by atoms with Crippen LogP contribution in [0, 0.1) is 10.1 Å². The highest BCUT2D eigenvalue weighted by Crippen LogP contribution is 2.28. The fourth-order valence-electron chi connectivity index (χ4n) is 2.46. The molecule has 142 valence electrons. The van der Waals surface area contributed by atoms with Gasteiger partial charge in [-0.15, -0.1) is 0 Å². The van der Waals surface area contributed by atoms with Crippen molar-refractivity contribution in [2.75, 3.05) is 12.5 Å². The Kier molecular flexibility index (Phi) is 6.20. The van der Waals surface area contributed by atoms with Crippen LogP contribution in [0.15, 0.2) is 77.9 Å². The smallest absolute Gasteiger partial charge is 0.269 e. The van der Waals surface area contributed by atoms with E-state index in [9.17, 15) is 10.1 Å². The van der Waals surface area contributed by atoms with Gasteiger partial charge in [-0.25, -0.2) is 0 Å². The molecule has 3 aromatic carbocycles. The van der Waals surface area contributed by atoms with Gasteiger partial charge < -0.3 is 9.47 Å². The van der Waals surface area contributed by atoms with Crippen LogP contribution in [0.25, 0.3) is 0 Å². The van der Waals surface area contributed by atoms with Crippen LogP contribution < -0.4 is 14.9 Å². The number of methoxy groups -OCH3 is 1. The number of non-ortho nitro benzene ring substituents is 1. The van der Waals surface area contributed by atoms with Crippen molar-refractivity contribution in [3.05, 3.63) is 94.0 Å². The molecular formula is C21H19N3O4. The van der Waals surface area contributed by atoms with Crippen molar-refractivity contribution in [1.29, 1.82) is 0 Å². The van der Waals surface area contributed by atoms with Gasteiger partial charge in [0.15, 0.2) is 11.5 Å². The van der Waals surface area contributed by atoms with Gasteiger partial charge in [-0.2, -0.15) is 5.10 Å². The molecule has 0 amide bonds. The lowest BCUT2D eigenvalue weighted by atomic mass is 10.2. The molecule has 7 nitrogen and oxygen atoms in total. The number of hydrogen-bond donors (Lipinski definition) is 1. The van der Waals surface area contributed by atoms with Crippen molar-refractivity contribution in [2.24, 2.45) is 5.10 Å². The quantitative estimate of drug-likeness (QED) is 0.351. The van der Waals surface area contributed by atoms with Crippen LogP contribution in [-0.4, -0.2) is 18.2 Å². The lowest BCUT2D eigenvalue weighted by Gasteiger charge is -2.11. The number of nitro benzene ring substituents is 1. The number of ether oxygens (including phenoxy) is 2. The first kappa shape index (κ1) is 18.9. The van der Waals surface area contributed by atoms with Crippen molar-refractivity contribution in [3.63, 3.8) is 0 Å². The number of rotatable bonds is 8. The maximum Gasteiger partial charge on any atom is 0.269 e. The Bertz CT molecular complexity index is 957. The zero-order valence-electron chi connectivity index (χ0n) is 15.2. The molecule has 7 heteroatoms. The summed E-state index contributed by atoms with van der Waals surface area (Å²) in [4.78, 5) is 10.2. The van der Waals surface area contributed by atoms with E-state index in [2.05, 4.69) is 10.5 Å². The number of hydrazone groups is 1. The third-order valence-electron chi connectivity index (χ3n) is 3.91. The Morgan fingerprint density at radius 1 is 1.04 bits per heavy atom. The van der Waals surface area contributed by atoms with Crippen molar-refractivity contribution < 1.29 is 14.4 Å². The summed E-state index contributed by atoms with van der Waals surface area (Å²) in [5.41, 5.74) is 5.40. The van der Waals surface area contributed by atoms with Gasteiger partial charge in [0.25, 0.3) is 5.69 Å². The van der Waals surface area contributed by atoms with Crippen LogP contribution in [-0.2, 0) is 6.61 Å². The average Bonchev–Trinajstić information content (AvgIpc) is 2.73. The molecule has 0 saturated heterocycles. The zero-order valence-corrected chi connectivity index (χ0v) is 15.2. The minimum atomic E-state index is -0.443. The van der Waals surface area contributed by atoms with E-state index in [1.807, 2.05) is 48.5 Å². The number of nitrogens with one attached hydrogen (secondary N) is 1. The van der Waals surface area contributed by atoms with Gasteiger partial charge in [0.1, 0.15) is 6.61 Å². The summed E-state index contributed by atoms with van der Waals surface area (Å²) in [5.74, 6) is 1.25. The SMILES string of the molecule is COc1ccc(C=NNc2ccc([N+](=O)[O-])cc2)cc1OCc1ccccc1. The van der Waals surface area contributed by atoms with Gasteiger partial charge in [0.2, 0.25) is 0 Å². The molecule has 0 aliphatic rings. The molecule has 0 aliphatic heterocycles. The van der Waals surface area contributed by atoms with E-state index in [1.54, 1.807) is 25.5 Å². The first-order chi connectivity index (χ1) is 13.7. The summed E-state index contributed by atoms with van der Waals surface area (Å²) in [6, 6.07) is 21.4. The third kappa shape index (κ3) is 5.07. The van der Waals surface area contributed by atoms with E-state index in [1.165, 1.54) is 12.1 Å². The van der Waals surface area contributed by atoms with Gasteiger partial charge in [-0.05, 0) is 41.5 Å². The number of nitro groups is 1. The predicted octanol–water partition coefficient (Wildman–Crippen LogP) is 4.63. The summed E-state index contributed by atoms with van der Waals surface area (Å²) in [6.45, 7) is 0.429. The Labute approximate surface area is 162 Å². The minimum absolute atomic E-state index is 0.0323. The molecule has 3 aromatic rings. The molecule has 28 heavy (non-hydrogen) atoms. The van der Waals surface area contributed by atoms with Crippen LogP contribution in [0.2, 0.25) is 0 Å². The molecular weight excluding hydrogens is 358 g/mol. The molecule has 0 radical (unpaired) electrons. The molecule has 0 saturated carbocycles. The third-order valence-corrected chi connectivity index (χ3v) is 3.91. The Morgan fingerprint density at radius 2 is 1.79 bits per heavy atom. The summed E-state index contributed by atoms with van der Waals surface area (Å²) in [6.07, 6.45) is 1.64. The van der Waals surface area contributed by atoms with Crippen molar-refractivity contribution in [3.8, 4) is 11.5 Å². The Morgan fingerprint density at radius 3 is 2.46 bits per heavy atom. The highest BCUT2D eigenvalue weighted by Gasteiger charge is 2.06. The maximum absolute atomic E-state index is 10.7. The van der Waals surface area contributed by atoms with E-state index in [0.29, 0.717) is 23.8 Å². The normalized spacial score (nSPS) is 10.6. The Hall–Kier alpha value is -3.87. The molecule has 3 rings (SSSR count). The van der Waals surface area contributed by atoms with Gasteiger partial charge in [0.05, 0.1) is 23.9 Å². The van der Waals surface area contributed by atoms with E-state index in [0.717, 1.165) is 11.1 Å². The van der Waals surface area contributed by atoms with Crippen molar-refractivity contribution in [1.82, 2.24) is 0 Å². The first-order valence-electron chi connectivity index (χ1n) is 8.54. The molecule has 0 bridgehead atoms. The van der Waals surface area contributed by atoms with Crippen molar-refractivity contribution in [2.45, 2.75) is 6.61 Å². The fraction of sp³-hybridized carbons (Fsp3) is 0.0952. The lowest BCUT2D eigenvalue weighted by molar-refractivity contribution is -0.384. The lowest BCUT2D eigenvalue weighted by Crippen LogP contribution is -1.99. The second-order valence-electron chi connectivity index (χ2n) is 5.86. The topological polar surface area (TPSA) is 86.0 Å². The molecule has 0 aromatic heterocycles. The van der Waals surface area contributed by atoms with Gasteiger partial charge in [0, 0.05) is 12.1 Å². The summed E-state index contributed by atoms with van der Waals surface area (Å²) < 4.78 is 11.2. The molecule has 0 spiro atoms. The number of anilines is 1. The highest BCUT2D eigenvalue weighted by atomic mass is 16.6. The highest BCUT2D eigenvalue weighted by molar-refractivity contribution is 5.81. The van der Waals surface area contributed by atoms with Gasteiger partial charge in [-0.3, -0.25) is 15.5 Å². The largest absolute Gasteiger partial charge is 0.493 e. The van der Waals surface area contributed by atoms with E-state index >= 15 is 0 Å². The molecule has 0 aliphatic carbocycles. The predicted molar refractivity (Wildman–Crippen MR) is 108 cm³/mol.